The van der Waals surface area contributed by atoms with Crippen LogP contribution < -0.4 is 11.6 Å². The largest absolute Gasteiger partial charge is 0.467 e. The van der Waals surface area contributed by atoms with Gasteiger partial charge in [-0.25, -0.2) is 9.97 Å². The lowest BCUT2D eigenvalue weighted by atomic mass is 10.1. The van der Waals surface area contributed by atoms with Gasteiger partial charge in [0.25, 0.3) is 11.8 Å². The molecule has 0 spiro atoms. The van der Waals surface area contributed by atoms with Crippen LogP contribution in [0.15, 0.2) is 59.8 Å². The number of aryl methyl sites for hydroxylation is 1. The summed E-state index contributed by atoms with van der Waals surface area (Å²) < 4.78 is 5.95. The monoisotopic (exact) mass is 418 g/mol. The maximum Gasteiger partial charge on any atom is 0.261 e. The Morgan fingerprint density at radius 1 is 1.10 bits per heavy atom. The van der Waals surface area contributed by atoms with E-state index in [1.807, 2.05) is 38.1 Å². The highest BCUT2D eigenvalue weighted by Crippen LogP contribution is 2.23. The smallest absolute Gasteiger partial charge is 0.261 e. The summed E-state index contributed by atoms with van der Waals surface area (Å²) in [4.78, 5) is 22.4. The van der Waals surface area contributed by atoms with Crippen molar-refractivity contribution in [2.24, 2.45) is 10.9 Å². The number of hydrogen-bond acceptors (Lipinski definition) is 7. The van der Waals surface area contributed by atoms with Crippen LogP contribution in [-0.2, 0) is 4.74 Å². The fourth-order valence-electron chi connectivity index (χ4n) is 2.96. The summed E-state index contributed by atoms with van der Waals surface area (Å²) in [6.07, 6.45) is 1.24. The molecule has 31 heavy (non-hydrogen) atoms. The average Bonchev–Trinajstić information content (AvgIpc) is 2.78. The maximum absolute atomic E-state index is 12.1. The van der Waals surface area contributed by atoms with Gasteiger partial charge in [-0.2, -0.15) is 0 Å². The fraction of sp³-hybridized carbons (Fsp3) is 0.217. The minimum Gasteiger partial charge on any atom is -0.467 e. The van der Waals surface area contributed by atoms with Crippen molar-refractivity contribution in [3.8, 4) is 11.3 Å². The Kier molecular flexibility index (Phi) is 6.49. The molecule has 8 nitrogen and oxygen atoms in total. The van der Waals surface area contributed by atoms with Gasteiger partial charge in [0, 0.05) is 25.2 Å². The van der Waals surface area contributed by atoms with Crippen LogP contribution in [0.1, 0.15) is 40.2 Å². The predicted molar refractivity (Wildman–Crippen MR) is 121 cm³/mol. The van der Waals surface area contributed by atoms with Crippen molar-refractivity contribution in [1.29, 1.82) is 0 Å². The normalized spacial score (nSPS) is 12.3. The van der Waals surface area contributed by atoms with E-state index in [0.29, 0.717) is 11.3 Å². The summed E-state index contributed by atoms with van der Waals surface area (Å²) >= 11 is 0. The highest BCUT2D eigenvalue weighted by molar-refractivity contribution is 5.97. The molecule has 0 aliphatic heterocycles. The standard InChI is InChI=1S/C23H26N6O2/c1-14-5-7-16(8-6-14)15(2)31-22(28-25)20-21(24)26-13-19(27-20)17-9-11-18(12-10-17)23(30)29(3)4/h5-13,15H,25H2,1-4H3,(H2,24,26)/b28-22-. The molecule has 1 aromatic heterocycles. The van der Waals surface area contributed by atoms with E-state index >= 15 is 0 Å². The zero-order chi connectivity index (χ0) is 22.5. The second kappa shape index (κ2) is 9.25. The van der Waals surface area contributed by atoms with Gasteiger partial charge in [-0.05, 0) is 31.5 Å². The number of anilines is 1. The topological polar surface area (TPSA) is 120 Å². The van der Waals surface area contributed by atoms with Crippen molar-refractivity contribution in [2.45, 2.75) is 20.0 Å². The van der Waals surface area contributed by atoms with Gasteiger partial charge in [0.1, 0.15) is 6.10 Å². The number of hydrogen-bond donors (Lipinski definition) is 2. The first-order valence-electron chi connectivity index (χ1n) is 9.76. The zero-order valence-electron chi connectivity index (χ0n) is 18.0. The molecule has 1 amide bonds. The van der Waals surface area contributed by atoms with Crippen molar-refractivity contribution in [1.82, 2.24) is 14.9 Å². The van der Waals surface area contributed by atoms with Crippen LogP contribution in [0.25, 0.3) is 11.3 Å². The van der Waals surface area contributed by atoms with Gasteiger partial charge in [-0.3, -0.25) is 4.79 Å². The number of benzene rings is 2. The van der Waals surface area contributed by atoms with Gasteiger partial charge in [0.15, 0.2) is 11.5 Å². The molecule has 160 valence electrons. The van der Waals surface area contributed by atoms with Gasteiger partial charge in [-0.15, -0.1) is 5.10 Å². The van der Waals surface area contributed by atoms with Crippen molar-refractivity contribution in [3.63, 3.8) is 0 Å². The lowest BCUT2D eigenvalue weighted by Gasteiger charge is -2.17. The number of amides is 1. The molecule has 1 heterocycles. The van der Waals surface area contributed by atoms with Crippen LogP contribution in [-0.4, -0.2) is 40.8 Å². The number of rotatable bonds is 5. The summed E-state index contributed by atoms with van der Waals surface area (Å²) in [7, 11) is 3.42. The first-order chi connectivity index (χ1) is 14.8. The summed E-state index contributed by atoms with van der Waals surface area (Å²) in [5.74, 6) is 5.77. The van der Waals surface area contributed by atoms with E-state index < -0.39 is 0 Å². The third-order valence-electron chi connectivity index (χ3n) is 4.79. The van der Waals surface area contributed by atoms with E-state index in [1.165, 1.54) is 4.90 Å². The molecule has 0 radical (unpaired) electrons. The quantitative estimate of drug-likeness (QED) is 0.284. The Hall–Kier alpha value is -3.94. The molecule has 0 saturated carbocycles. The van der Waals surface area contributed by atoms with Crippen LogP contribution in [0.3, 0.4) is 0 Å². The van der Waals surface area contributed by atoms with Gasteiger partial charge >= 0.3 is 0 Å². The lowest BCUT2D eigenvalue weighted by Crippen LogP contribution is -2.21. The molecule has 0 aliphatic rings. The Labute approximate surface area is 181 Å². The van der Waals surface area contributed by atoms with Gasteiger partial charge in [-0.1, -0.05) is 42.0 Å². The highest BCUT2D eigenvalue weighted by atomic mass is 16.5. The molecule has 3 rings (SSSR count). The third kappa shape index (κ3) is 4.98. The summed E-state index contributed by atoms with van der Waals surface area (Å²) in [6.45, 7) is 3.91. The third-order valence-corrected chi connectivity index (χ3v) is 4.79. The Balaban J connectivity index is 1.87. The minimum absolute atomic E-state index is 0.0772. The number of nitrogens with zero attached hydrogens (tertiary/aromatic N) is 4. The van der Waals surface area contributed by atoms with Crippen LogP contribution in [0.4, 0.5) is 5.82 Å². The molecule has 0 fully saturated rings. The minimum atomic E-state index is -0.316. The second-order valence-corrected chi connectivity index (χ2v) is 7.37. The molecule has 4 N–H and O–H groups in total. The van der Waals surface area contributed by atoms with Crippen molar-refractivity contribution in [3.05, 3.63) is 77.1 Å². The van der Waals surface area contributed by atoms with Crippen molar-refractivity contribution in [2.75, 3.05) is 19.8 Å². The van der Waals surface area contributed by atoms with E-state index in [1.54, 1.807) is 44.6 Å². The summed E-state index contributed by atoms with van der Waals surface area (Å²) in [6, 6.07) is 15.1. The number of aromatic nitrogens is 2. The highest BCUT2D eigenvalue weighted by Gasteiger charge is 2.18. The Morgan fingerprint density at radius 3 is 2.32 bits per heavy atom. The van der Waals surface area contributed by atoms with Crippen molar-refractivity contribution >= 4 is 17.6 Å². The molecular weight excluding hydrogens is 392 g/mol. The molecule has 8 heteroatoms. The van der Waals surface area contributed by atoms with E-state index in [4.69, 9.17) is 16.3 Å². The zero-order valence-corrected chi connectivity index (χ0v) is 18.0. The number of carbonyl (C=O) groups is 1. The molecule has 1 unspecified atom stereocenters. The number of hydrazone groups is 1. The van der Waals surface area contributed by atoms with Crippen LogP contribution >= 0.6 is 0 Å². The molecule has 0 saturated heterocycles. The maximum atomic E-state index is 12.1. The summed E-state index contributed by atoms with van der Waals surface area (Å²) in [5, 5.41) is 3.76. The van der Waals surface area contributed by atoms with Gasteiger partial charge < -0.3 is 21.2 Å². The molecule has 1 atom stereocenters. The Bertz CT molecular complexity index is 1090. The van der Waals surface area contributed by atoms with E-state index in [9.17, 15) is 4.79 Å². The fourth-order valence-corrected chi connectivity index (χ4v) is 2.96. The summed E-state index contributed by atoms with van der Waals surface area (Å²) in [5.41, 5.74) is 10.3. The number of nitrogen functional groups attached to an aromatic ring is 1. The van der Waals surface area contributed by atoms with Crippen LogP contribution in [0.5, 0.6) is 0 Å². The van der Waals surface area contributed by atoms with E-state index in [2.05, 4.69) is 15.1 Å². The van der Waals surface area contributed by atoms with E-state index in [-0.39, 0.29) is 29.4 Å². The molecular formula is C23H26N6O2. The van der Waals surface area contributed by atoms with Crippen LogP contribution in [0.2, 0.25) is 0 Å². The molecule has 2 aromatic carbocycles. The predicted octanol–water partition coefficient (Wildman–Crippen LogP) is 3.13. The SMILES string of the molecule is Cc1ccc(C(C)O/C(=N\N)c2nc(-c3ccc(C(=O)N(C)C)cc3)cnc2N)cc1. The Morgan fingerprint density at radius 2 is 1.74 bits per heavy atom. The molecule has 3 aromatic rings. The average molecular weight is 419 g/mol. The number of nitrogens with two attached hydrogens (primary N) is 2. The van der Waals surface area contributed by atoms with Crippen LogP contribution in [0, 0.1) is 6.92 Å². The second-order valence-electron chi connectivity index (χ2n) is 7.37. The number of carbonyl (C=O) groups excluding carboxylic acids is 1. The van der Waals surface area contributed by atoms with Gasteiger partial charge in [0.05, 0.1) is 11.9 Å². The number of ether oxygens (including phenoxy) is 1. The molecule has 0 aliphatic carbocycles. The van der Waals surface area contributed by atoms with E-state index in [0.717, 1.165) is 16.7 Å². The van der Waals surface area contributed by atoms with Gasteiger partial charge in [0.2, 0.25) is 0 Å². The first-order valence-corrected chi connectivity index (χ1v) is 9.76. The molecule has 0 bridgehead atoms. The van der Waals surface area contributed by atoms with Crippen molar-refractivity contribution < 1.29 is 9.53 Å². The lowest BCUT2D eigenvalue weighted by molar-refractivity contribution is 0.0827. The first kappa shape index (κ1) is 21.8.